The van der Waals surface area contributed by atoms with Crippen LogP contribution in [-0.2, 0) is 28.7 Å². The molecule has 3 aromatic carbocycles. The number of urea groups is 1. The first-order valence-electron chi connectivity index (χ1n) is 11.6. The molecule has 0 aliphatic carbocycles. The zero-order valence-electron chi connectivity index (χ0n) is 19.7. The first kappa shape index (κ1) is 23.8. The monoisotopic (exact) mass is 502 g/mol. The summed E-state index contributed by atoms with van der Waals surface area (Å²) in [7, 11) is -3.74. The summed E-state index contributed by atoms with van der Waals surface area (Å²) >= 11 is 0. The van der Waals surface area contributed by atoms with Gasteiger partial charge in [0.25, 0.3) is 0 Å². The van der Waals surface area contributed by atoms with Gasteiger partial charge in [-0.25, -0.2) is 18.2 Å². The van der Waals surface area contributed by atoms with E-state index < -0.39 is 15.9 Å². The maximum atomic E-state index is 13.5. The third-order valence-electron chi connectivity index (χ3n) is 6.14. The summed E-state index contributed by atoms with van der Waals surface area (Å²) in [5, 5.41) is 8.93. The lowest BCUT2D eigenvalue weighted by Gasteiger charge is -2.16. The third-order valence-corrected chi connectivity index (χ3v) is 7.88. The van der Waals surface area contributed by atoms with E-state index in [0.717, 1.165) is 24.2 Å². The van der Waals surface area contributed by atoms with E-state index in [1.807, 2.05) is 55.5 Å². The van der Waals surface area contributed by atoms with Crippen molar-refractivity contribution in [1.29, 1.82) is 0 Å². The standard InChI is InChI=1S/C27H26N4O4S/c1-18(20-5-3-2-4-6-20)30-27(32)31-23-9-10-25(24(14-23)26-29-11-12-35-26)36(33,34)17-19-7-8-21-15-28-16-22(21)13-19/h2-14,18,28H,15-17H2,1H3,(H2,30,31,32). The number of carbonyl (C=O) groups is 1. The van der Waals surface area contributed by atoms with Gasteiger partial charge >= 0.3 is 6.03 Å². The molecule has 1 aliphatic rings. The highest BCUT2D eigenvalue weighted by Crippen LogP contribution is 2.32. The molecule has 9 heteroatoms. The maximum Gasteiger partial charge on any atom is 0.319 e. The SMILES string of the molecule is CC(NC(=O)Nc1ccc(S(=O)(=O)Cc2ccc3c(c2)CNC3)c(-c2ncco2)c1)c1ccccc1. The first-order chi connectivity index (χ1) is 17.4. The molecular weight excluding hydrogens is 476 g/mol. The number of rotatable bonds is 7. The summed E-state index contributed by atoms with van der Waals surface area (Å²) in [6.07, 6.45) is 2.83. The zero-order valence-corrected chi connectivity index (χ0v) is 20.5. The average molecular weight is 503 g/mol. The largest absolute Gasteiger partial charge is 0.444 e. The minimum absolute atomic E-state index is 0.0900. The number of carbonyl (C=O) groups excluding carboxylic acids is 1. The topological polar surface area (TPSA) is 113 Å². The molecule has 4 aromatic rings. The molecule has 2 heterocycles. The average Bonchev–Trinajstić information content (AvgIpc) is 3.56. The number of hydrogen-bond donors (Lipinski definition) is 3. The van der Waals surface area contributed by atoms with Crippen LogP contribution in [-0.4, -0.2) is 19.4 Å². The predicted octanol–water partition coefficient (Wildman–Crippen LogP) is 4.80. The van der Waals surface area contributed by atoms with Crippen LogP contribution in [0.25, 0.3) is 11.5 Å². The number of nitrogens with one attached hydrogen (secondary N) is 3. The fourth-order valence-electron chi connectivity index (χ4n) is 4.33. The quantitative estimate of drug-likeness (QED) is 0.335. The Hall–Kier alpha value is -3.95. The van der Waals surface area contributed by atoms with E-state index in [4.69, 9.17) is 4.42 Å². The highest BCUT2D eigenvalue weighted by molar-refractivity contribution is 7.90. The van der Waals surface area contributed by atoms with E-state index >= 15 is 0 Å². The Labute approximate surface area is 209 Å². The van der Waals surface area contributed by atoms with Gasteiger partial charge in [0, 0.05) is 18.8 Å². The molecule has 1 aromatic heterocycles. The summed E-state index contributed by atoms with van der Waals surface area (Å²) < 4.78 is 32.4. The Bertz CT molecular complexity index is 1490. The lowest BCUT2D eigenvalue weighted by atomic mass is 10.1. The molecule has 8 nitrogen and oxygen atoms in total. The van der Waals surface area contributed by atoms with Gasteiger partial charge in [-0.15, -0.1) is 0 Å². The second-order valence-electron chi connectivity index (χ2n) is 8.74. The lowest BCUT2D eigenvalue weighted by molar-refractivity contribution is 0.249. The minimum atomic E-state index is -3.74. The Morgan fingerprint density at radius 1 is 1.06 bits per heavy atom. The third kappa shape index (κ3) is 5.17. The van der Waals surface area contributed by atoms with Gasteiger partial charge in [-0.1, -0.05) is 48.5 Å². The number of benzene rings is 3. The van der Waals surface area contributed by atoms with Crippen molar-refractivity contribution in [3.05, 3.63) is 101 Å². The smallest absolute Gasteiger partial charge is 0.319 e. The second-order valence-corrected chi connectivity index (χ2v) is 10.7. The van der Waals surface area contributed by atoms with E-state index in [9.17, 15) is 13.2 Å². The Morgan fingerprint density at radius 2 is 1.86 bits per heavy atom. The number of amides is 2. The summed E-state index contributed by atoms with van der Waals surface area (Å²) in [5.41, 5.74) is 4.70. The van der Waals surface area contributed by atoms with Crippen LogP contribution in [0.5, 0.6) is 0 Å². The summed E-state index contributed by atoms with van der Waals surface area (Å²) in [6, 6.07) is 19.4. The molecule has 36 heavy (non-hydrogen) atoms. The van der Waals surface area contributed by atoms with Gasteiger partial charge in [-0.05, 0) is 47.4 Å². The molecule has 0 saturated carbocycles. The van der Waals surface area contributed by atoms with E-state index in [2.05, 4.69) is 20.9 Å². The van der Waals surface area contributed by atoms with Gasteiger partial charge < -0.3 is 20.4 Å². The number of oxazole rings is 1. The van der Waals surface area contributed by atoms with Crippen LogP contribution in [0.4, 0.5) is 10.5 Å². The predicted molar refractivity (Wildman–Crippen MR) is 137 cm³/mol. The molecule has 3 N–H and O–H groups in total. The van der Waals surface area contributed by atoms with E-state index in [-0.39, 0.29) is 28.1 Å². The lowest BCUT2D eigenvalue weighted by Crippen LogP contribution is -2.31. The Kier molecular flexibility index (Phi) is 6.58. The molecule has 184 valence electrons. The van der Waals surface area contributed by atoms with Crippen molar-refractivity contribution in [2.24, 2.45) is 0 Å². The summed E-state index contributed by atoms with van der Waals surface area (Å²) in [5.74, 6) is 0.00369. The van der Waals surface area contributed by atoms with Gasteiger partial charge in [-0.3, -0.25) is 0 Å². The van der Waals surface area contributed by atoms with Crippen LogP contribution in [0.2, 0.25) is 0 Å². The fraction of sp³-hybridized carbons (Fsp3) is 0.185. The van der Waals surface area contributed by atoms with Gasteiger partial charge in [-0.2, -0.15) is 0 Å². The molecule has 1 atom stereocenters. The molecule has 0 bridgehead atoms. The van der Waals surface area contributed by atoms with E-state index in [1.165, 1.54) is 24.1 Å². The Balaban J connectivity index is 1.39. The number of sulfone groups is 1. The van der Waals surface area contributed by atoms with Crippen molar-refractivity contribution in [2.75, 3.05) is 5.32 Å². The molecule has 0 saturated heterocycles. The highest BCUT2D eigenvalue weighted by Gasteiger charge is 2.24. The van der Waals surface area contributed by atoms with Crippen LogP contribution in [0.15, 0.2) is 88.5 Å². The van der Waals surface area contributed by atoms with Crippen LogP contribution in [0, 0.1) is 0 Å². The number of aromatic nitrogens is 1. The summed E-state index contributed by atoms with van der Waals surface area (Å²) in [6.45, 7) is 3.41. The van der Waals surface area contributed by atoms with Crippen molar-refractivity contribution in [1.82, 2.24) is 15.6 Å². The van der Waals surface area contributed by atoms with Crippen LogP contribution in [0.3, 0.4) is 0 Å². The van der Waals surface area contributed by atoms with Gasteiger partial charge in [0.2, 0.25) is 5.89 Å². The molecule has 0 spiro atoms. The van der Waals surface area contributed by atoms with Crippen LogP contribution >= 0.6 is 0 Å². The number of anilines is 1. The van der Waals surface area contributed by atoms with Crippen molar-refractivity contribution < 1.29 is 17.6 Å². The van der Waals surface area contributed by atoms with Gasteiger partial charge in [0.1, 0.15) is 6.26 Å². The minimum Gasteiger partial charge on any atom is -0.444 e. The molecule has 5 rings (SSSR count). The molecule has 0 fully saturated rings. The normalized spacial score (nSPS) is 13.7. The Morgan fingerprint density at radius 3 is 2.64 bits per heavy atom. The molecule has 1 unspecified atom stereocenters. The molecule has 1 aliphatic heterocycles. The van der Waals surface area contributed by atoms with Gasteiger partial charge in [0.15, 0.2) is 9.84 Å². The second kappa shape index (κ2) is 9.96. The number of fused-ring (bicyclic) bond motifs is 1. The van der Waals surface area contributed by atoms with Crippen molar-refractivity contribution in [2.45, 2.75) is 36.7 Å². The fourth-order valence-corrected chi connectivity index (χ4v) is 5.86. The van der Waals surface area contributed by atoms with Crippen molar-refractivity contribution in [3.63, 3.8) is 0 Å². The van der Waals surface area contributed by atoms with E-state index in [1.54, 1.807) is 12.1 Å². The van der Waals surface area contributed by atoms with E-state index in [0.29, 0.717) is 11.3 Å². The van der Waals surface area contributed by atoms with Crippen LogP contribution < -0.4 is 16.0 Å². The zero-order chi connectivity index (χ0) is 25.1. The molecular formula is C27H26N4O4S. The van der Waals surface area contributed by atoms with Crippen molar-refractivity contribution >= 4 is 21.6 Å². The summed E-state index contributed by atoms with van der Waals surface area (Å²) in [4.78, 5) is 16.9. The first-order valence-corrected chi connectivity index (χ1v) is 13.2. The van der Waals surface area contributed by atoms with Crippen LogP contribution in [0.1, 0.15) is 35.2 Å². The van der Waals surface area contributed by atoms with Gasteiger partial charge in [0.05, 0.1) is 28.5 Å². The van der Waals surface area contributed by atoms with Crippen molar-refractivity contribution in [3.8, 4) is 11.5 Å². The molecule has 0 radical (unpaired) electrons. The number of hydrogen-bond acceptors (Lipinski definition) is 6. The maximum absolute atomic E-state index is 13.5. The number of nitrogens with zero attached hydrogens (tertiary/aromatic N) is 1. The highest BCUT2D eigenvalue weighted by atomic mass is 32.2. The molecule has 2 amide bonds.